The molecule has 30 heavy (non-hydrogen) atoms. The van der Waals surface area contributed by atoms with Crippen molar-refractivity contribution in [3.63, 3.8) is 0 Å². The quantitative estimate of drug-likeness (QED) is 0.619. The van der Waals surface area contributed by atoms with E-state index in [2.05, 4.69) is 26.0 Å². The zero-order valence-electron chi connectivity index (χ0n) is 17.8. The van der Waals surface area contributed by atoms with E-state index >= 15 is 0 Å². The van der Waals surface area contributed by atoms with E-state index in [9.17, 15) is 17.6 Å². The van der Waals surface area contributed by atoms with Gasteiger partial charge in [-0.2, -0.15) is 0 Å². The smallest absolute Gasteiger partial charge is 0.226 e. The zero-order chi connectivity index (χ0) is 22.1. The number of carbonyl (C=O) groups is 1. The summed E-state index contributed by atoms with van der Waals surface area (Å²) >= 11 is 1.37. The molecule has 4 nitrogen and oxygen atoms in total. The van der Waals surface area contributed by atoms with Crippen LogP contribution in [-0.4, -0.2) is 37.8 Å². The summed E-state index contributed by atoms with van der Waals surface area (Å²) in [5, 5.41) is 0. The van der Waals surface area contributed by atoms with Crippen LogP contribution in [-0.2, 0) is 14.6 Å². The monoisotopic (exact) mass is 449 g/mol. The van der Waals surface area contributed by atoms with Crippen molar-refractivity contribution in [2.45, 2.75) is 48.9 Å². The van der Waals surface area contributed by atoms with E-state index in [1.807, 2.05) is 25.1 Å². The zero-order valence-corrected chi connectivity index (χ0v) is 19.4. The van der Waals surface area contributed by atoms with Gasteiger partial charge in [-0.25, -0.2) is 12.8 Å². The molecule has 3 rings (SSSR count). The third-order valence-electron chi connectivity index (χ3n) is 5.72. The second-order valence-corrected chi connectivity index (χ2v) is 11.6. The van der Waals surface area contributed by atoms with Crippen LogP contribution in [0, 0.1) is 11.7 Å². The fourth-order valence-electron chi connectivity index (χ4n) is 3.60. The van der Waals surface area contributed by atoms with Gasteiger partial charge in [0.25, 0.3) is 0 Å². The van der Waals surface area contributed by atoms with Crippen LogP contribution in [0.1, 0.15) is 50.3 Å². The van der Waals surface area contributed by atoms with Crippen LogP contribution < -0.4 is 0 Å². The van der Waals surface area contributed by atoms with Gasteiger partial charge in [-0.1, -0.05) is 43.8 Å². The summed E-state index contributed by atoms with van der Waals surface area (Å²) in [5.41, 5.74) is 1.93. The standard InChI is InChI=1S/C23H28FNO3S2/c1-15(2)17-5-8-20(9-6-17)29-22-10-7-18(13-21(22)24)16(3)25(4)23(26)19-11-12-30(27,28)14-19/h5-10,13,15-16,19H,11-12,14H2,1-4H3. The predicted octanol–water partition coefficient (Wildman–Crippen LogP) is 5.05. The maximum atomic E-state index is 14.8. The molecule has 0 saturated carbocycles. The van der Waals surface area contributed by atoms with Gasteiger partial charge in [-0.05, 0) is 54.7 Å². The van der Waals surface area contributed by atoms with E-state index in [-0.39, 0.29) is 29.3 Å². The van der Waals surface area contributed by atoms with Gasteiger partial charge >= 0.3 is 0 Å². The molecule has 2 aromatic rings. The van der Waals surface area contributed by atoms with E-state index < -0.39 is 15.8 Å². The van der Waals surface area contributed by atoms with Crippen LogP contribution in [0.2, 0.25) is 0 Å². The molecule has 0 bridgehead atoms. The molecule has 1 saturated heterocycles. The maximum Gasteiger partial charge on any atom is 0.226 e. The highest BCUT2D eigenvalue weighted by atomic mass is 32.2. The minimum Gasteiger partial charge on any atom is -0.339 e. The van der Waals surface area contributed by atoms with Gasteiger partial charge in [0.1, 0.15) is 5.82 Å². The van der Waals surface area contributed by atoms with Gasteiger partial charge in [0.05, 0.1) is 23.5 Å². The Kier molecular flexibility index (Phi) is 6.92. The molecule has 162 valence electrons. The van der Waals surface area contributed by atoms with Crippen molar-refractivity contribution in [3.05, 3.63) is 59.4 Å². The summed E-state index contributed by atoms with van der Waals surface area (Å²) in [6, 6.07) is 12.8. The molecule has 2 aromatic carbocycles. The number of hydrogen-bond acceptors (Lipinski definition) is 4. The Morgan fingerprint density at radius 2 is 1.73 bits per heavy atom. The minimum absolute atomic E-state index is 0.0598. The molecule has 2 atom stereocenters. The van der Waals surface area contributed by atoms with Crippen LogP contribution in [0.15, 0.2) is 52.3 Å². The van der Waals surface area contributed by atoms with Crippen LogP contribution in [0.3, 0.4) is 0 Å². The molecule has 2 unspecified atom stereocenters. The normalized spacial score (nSPS) is 19.1. The average molecular weight is 450 g/mol. The summed E-state index contributed by atoms with van der Waals surface area (Å²) in [5.74, 6) is -0.622. The van der Waals surface area contributed by atoms with Gasteiger partial charge in [0.2, 0.25) is 5.91 Å². The summed E-state index contributed by atoms with van der Waals surface area (Å²) in [6.07, 6.45) is 0.359. The van der Waals surface area contributed by atoms with E-state index in [1.165, 1.54) is 28.3 Å². The van der Waals surface area contributed by atoms with Gasteiger partial charge < -0.3 is 4.90 Å². The molecule has 0 radical (unpaired) electrons. The van der Waals surface area contributed by atoms with Crippen molar-refractivity contribution in [2.24, 2.45) is 5.92 Å². The second-order valence-electron chi connectivity index (χ2n) is 8.24. The topological polar surface area (TPSA) is 54.5 Å². The fourth-order valence-corrected chi connectivity index (χ4v) is 6.15. The molecule has 1 fully saturated rings. The van der Waals surface area contributed by atoms with Gasteiger partial charge in [0.15, 0.2) is 9.84 Å². The number of benzene rings is 2. The van der Waals surface area contributed by atoms with Crippen molar-refractivity contribution in [1.82, 2.24) is 4.90 Å². The van der Waals surface area contributed by atoms with E-state index in [1.54, 1.807) is 13.1 Å². The van der Waals surface area contributed by atoms with Crippen LogP contribution in [0.25, 0.3) is 0 Å². The SMILES string of the molecule is CC(C)c1ccc(Sc2ccc(C(C)N(C)C(=O)C3CCS(=O)(=O)C3)cc2F)cc1. The molecule has 1 heterocycles. The maximum absolute atomic E-state index is 14.8. The largest absolute Gasteiger partial charge is 0.339 e. The molecule has 1 amide bonds. The molecular weight excluding hydrogens is 421 g/mol. The number of hydrogen-bond donors (Lipinski definition) is 0. The minimum atomic E-state index is -3.12. The average Bonchev–Trinajstić information content (AvgIpc) is 3.08. The van der Waals surface area contributed by atoms with Gasteiger partial charge in [0, 0.05) is 16.8 Å². The Balaban J connectivity index is 1.70. The molecule has 1 aliphatic heterocycles. The van der Waals surface area contributed by atoms with E-state index in [4.69, 9.17) is 0 Å². The third-order valence-corrected chi connectivity index (χ3v) is 8.55. The highest BCUT2D eigenvalue weighted by Crippen LogP contribution is 2.33. The van der Waals surface area contributed by atoms with E-state index in [0.29, 0.717) is 22.8 Å². The number of carbonyl (C=O) groups excluding carboxylic acids is 1. The molecule has 7 heteroatoms. The Labute approximate surface area is 182 Å². The highest BCUT2D eigenvalue weighted by Gasteiger charge is 2.35. The fraction of sp³-hybridized carbons (Fsp3) is 0.435. The Hall–Kier alpha value is -1.86. The molecule has 0 aromatic heterocycles. The summed E-state index contributed by atoms with van der Waals surface area (Å²) < 4.78 is 38.1. The first-order valence-electron chi connectivity index (χ1n) is 10.1. The highest BCUT2D eigenvalue weighted by molar-refractivity contribution is 7.99. The number of nitrogens with zero attached hydrogens (tertiary/aromatic N) is 1. The lowest BCUT2D eigenvalue weighted by molar-refractivity contribution is -0.135. The molecular formula is C23H28FNO3S2. The summed E-state index contributed by atoms with van der Waals surface area (Å²) in [4.78, 5) is 15.7. The lowest BCUT2D eigenvalue weighted by Crippen LogP contribution is -2.35. The molecule has 0 spiro atoms. The van der Waals surface area contributed by atoms with Crippen LogP contribution in [0.4, 0.5) is 4.39 Å². The van der Waals surface area contributed by atoms with Crippen molar-refractivity contribution in [2.75, 3.05) is 18.6 Å². The van der Waals surface area contributed by atoms with Crippen molar-refractivity contribution < 1.29 is 17.6 Å². The first kappa shape index (κ1) is 22.8. The molecule has 0 N–H and O–H groups in total. The first-order chi connectivity index (χ1) is 14.1. The number of sulfone groups is 1. The van der Waals surface area contributed by atoms with Crippen molar-refractivity contribution >= 4 is 27.5 Å². The number of halogens is 1. The van der Waals surface area contributed by atoms with E-state index in [0.717, 1.165) is 4.90 Å². The summed E-state index contributed by atoms with van der Waals surface area (Å²) in [7, 11) is -1.48. The Morgan fingerprint density at radius 1 is 1.10 bits per heavy atom. The second kappa shape index (κ2) is 9.10. The third kappa shape index (κ3) is 5.24. The van der Waals surface area contributed by atoms with Crippen LogP contribution in [0.5, 0.6) is 0 Å². The first-order valence-corrected chi connectivity index (χ1v) is 12.8. The van der Waals surface area contributed by atoms with Gasteiger partial charge in [-0.15, -0.1) is 0 Å². The summed E-state index contributed by atoms with van der Waals surface area (Å²) in [6.45, 7) is 6.10. The van der Waals surface area contributed by atoms with Gasteiger partial charge in [-0.3, -0.25) is 4.79 Å². The van der Waals surface area contributed by atoms with Crippen LogP contribution >= 0.6 is 11.8 Å². The Bertz CT molecular complexity index is 1020. The predicted molar refractivity (Wildman–Crippen MR) is 119 cm³/mol. The van der Waals surface area contributed by atoms with Crippen molar-refractivity contribution in [1.29, 1.82) is 0 Å². The number of rotatable bonds is 6. The Morgan fingerprint density at radius 3 is 2.27 bits per heavy atom. The lowest BCUT2D eigenvalue weighted by atomic mass is 10.0. The number of amides is 1. The lowest BCUT2D eigenvalue weighted by Gasteiger charge is -2.27. The molecule has 0 aliphatic carbocycles. The van der Waals surface area contributed by atoms with Crippen molar-refractivity contribution in [3.8, 4) is 0 Å². The molecule has 1 aliphatic rings.